The molecule has 0 aliphatic rings. The quantitative estimate of drug-likeness (QED) is 0.555. The van der Waals surface area contributed by atoms with Crippen molar-refractivity contribution >= 4 is 31.3 Å². The number of nitrogens with one attached hydrogen (secondary N) is 1. The van der Waals surface area contributed by atoms with Gasteiger partial charge in [-0.1, -0.05) is 12.1 Å². The first kappa shape index (κ1) is 9.77. The summed E-state index contributed by atoms with van der Waals surface area (Å²) in [6.45, 7) is 0. The van der Waals surface area contributed by atoms with Crippen LogP contribution in [-0.4, -0.2) is 30.2 Å². The molecule has 13 heavy (non-hydrogen) atoms. The number of aromatic amines is 1. The average molecular weight is 241 g/mol. The number of aromatic nitrogens is 2. The van der Waals surface area contributed by atoms with Crippen molar-refractivity contribution in [3.8, 4) is 0 Å². The molecule has 2 rings (SSSR count). The van der Waals surface area contributed by atoms with Gasteiger partial charge in [0.1, 0.15) is 0 Å². The van der Waals surface area contributed by atoms with Gasteiger partial charge in [-0.05, 0) is 12.1 Å². The first-order valence-corrected chi connectivity index (χ1v) is 4.49. The van der Waals surface area contributed by atoms with E-state index in [4.69, 9.17) is 11.5 Å². The molecule has 0 fully saturated rings. The number of nitrogens with zero attached hydrogens (tertiary/aromatic N) is 1. The fourth-order valence-corrected chi connectivity index (χ4v) is 0.880. The van der Waals surface area contributed by atoms with E-state index in [9.17, 15) is 0 Å². The predicted molar refractivity (Wildman–Crippen MR) is 55.2 cm³/mol. The van der Waals surface area contributed by atoms with E-state index < -0.39 is 0 Å². The first-order valence-electron chi connectivity index (χ1n) is 3.63. The zero-order valence-corrected chi connectivity index (χ0v) is 8.61. The van der Waals surface area contributed by atoms with Gasteiger partial charge in [0, 0.05) is 0 Å². The first-order chi connectivity index (χ1) is 6.20. The molecule has 0 saturated carbocycles. The number of imidazole rings is 1. The largest absolute Gasteiger partial charge is 0.345 e. The third-order valence-corrected chi connectivity index (χ3v) is 1.33. The summed E-state index contributed by atoms with van der Waals surface area (Å²) in [5.41, 5.74) is 11.6. The molecule has 0 aliphatic heterocycles. The zero-order valence-electron chi connectivity index (χ0n) is 6.90. The third kappa shape index (κ3) is 3.27. The molecule has 0 unspecified atom stereocenters. The van der Waals surface area contributed by atoms with Crippen molar-refractivity contribution in [2.45, 2.75) is 0 Å². The Morgan fingerprint density at radius 3 is 2.54 bits per heavy atom. The number of H-pyrrole nitrogens is 1. The van der Waals surface area contributed by atoms with E-state index in [1.54, 1.807) is 6.33 Å². The summed E-state index contributed by atoms with van der Waals surface area (Å²) in [4.78, 5) is 7.07. The predicted octanol–water partition coefficient (Wildman–Crippen LogP) is -0.277. The standard InChI is InChI=1S/C7H6N2.CH4N2Se/c1-2-4-7-6(3-1)8-5-9-7;2-1(3)4/h1-5H,(H,8,9);(H4,2,3,4). The molecule has 4 nitrogen and oxygen atoms in total. The van der Waals surface area contributed by atoms with Crippen molar-refractivity contribution in [2.24, 2.45) is 11.5 Å². The van der Waals surface area contributed by atoms with Gasteiger partial charge in [0.25, 0.3) is 0 Å². The van der Waals surface area contributed by atoms with Crippen LogP contribution in [-0.2, 0) is 0 Å². The Balaban J connectivity index is 0.000000184. The minimum Gasteiger partial charge on any atom is -0.345 e. The van der Waals surface area contributed by atoms with Crippen molar-refractivity contribution in [2.75, 3.05) is 0 Å². The molecule has 0 bridgehead atoms. The monoisotopic (exact) mass is 242 g/mol. The molecule has 0 spiro atoms. The number of fused-ring (bicyclic) bond motifs is 1. The summed E-state index contributed by atoms with van der Waals surface area (Å²) in [6, 6.07) is 7.94. The second kappa shape index (κ2) is 4.64. The molecule has 1 aromatic heterocycles. The van der Waals surface area contributed by atoms with E-state index in [1.807, 2.05) is 24.3 Å². The fraction of sp³-hybridized carbons (Fsp3) is 0. The van der Waals surface area contributed by atoms with Crippen LogP contribution in [0, 0.1) is 0 Å². The topological polar surface area (TPSA) is 80.7 Å². The molecule has 2 aromatic rings. The van der Waals surface area contributed by atoms with E-state index in [1.165, 1.54) is 0 Å². The van der Waals surface area contributed by atoms with Crippen LogP contribution in [0.3, 0.4) is 0 Å². The molecule has 1 heterocycles. The van der Waals surface area contributed by atoms with Gasteiger partial charge < -0.3 is 4.98 Å². The smallest absolute Gasteiger partial charge is 0.0931 e. The van der Waals surface area contributed by atoms with Crippen LogP contribution in [0.1, 0.15) is 0 Å². The fourth-order valence-electron chi connectivity index (χ4n) is 0.880. The maximum Gasteiger partial charge on any atom is 0.0931 e. The van der Waals surface area contributed by atoms with E-state index in [-0.39, 0.29) is 0 Å². The number of nitrogens with two attached hydrogens (primary N) is 2. The van der Waals surface area contributed by atoms with Crippen LogP contribution in [0.2, 0.25) is 0 Å². The summed E-state index contributed by atoms with van der Waals surface area (Å²) in [6.07, 6.45) is 1.70. The van der Waals surface area contributed by atoms with Gasteiger partial charge in [-0.2, -0.15) is 0 Å². The molecule has 68 valence electrons. The second-order valence-electron chi connectivity index (χ2n) is 2.32. The van der Waals surface area contributed by atoms with Crippen molar-refractivity contribution in [1.29, 1.82) is 0 Å². The summed E-state index contributed by atoms with van der Waals surface area (Å²) in [5, 5.41) is 0. The number of para-hydroxylation sites is 2. The van der Waals surface area contributed by atoms with Gasteiger partial charge in [-0.15, -0.1) is 0 Å². The maximum atomic E-state index is 4.75. The minimum atomic E-state index is 0.292. The van der Waals surface area contributed by atoms with Crippen molar-refractivity contribution in [3.05, 3.63) is 30.6 Å². The van der Waals surface area contributed by atoms with Gasteiger partial charge in [-0.25, -0.2) is 4.98 Å². The van der Waals surface area contributed by atoms with Gasteiger partial charge in [0.15, 0.2) is 0 Å². The van der Waals surface area contributed by atoms with Gasteiger partial charge in [-0.3, -0.25) is 0 Å². The Hall–Kier alpha value is -1.32. The van der Waals surface area contributed by atoms with Crippen LogP contribution in [0.4, 0.5) is 0 Å². The molecule has 0 saturated heterocycles. The van der Waals surface area contributed by atoms with Crippen LogP contribution >= 0.6 is 0 Å². The Morgan fingerprint density at radius 1 is 1.31 bits per heavy atom. The Kier molecular flexibility index (Phi) is 3.49. The van der Waals surface area contributed by atoms with E-state index in [0.717, 1.165) is 11.0 Å². The second-order valence-corrected chi connectivity index (χ2v) is 3.31. The Morgan fingerprint density at radius 2 is 1.92 bits per heavy atom. The van der Waals surface area contributed by atoms with Crippen LogP contribution < -0.4 is 11.5 Å². The molecule has 0 radical (unpaired) electrons. The van der Waals surface area contributed by atoms with E-state index >= 15 is 0 Å². The Labute approximate surface area is 83.7 Å². The maximum absolute atomic E-state index is 4.75. The summed E-state index contributed by atoms with van der Waals surface area (Å²) in [7, 11) is 0. The van der Waals surface area contributed by atoms with Crippen LogP contribution in [0.15, 0.2) is 30.6 Å². The average Bonchev–Trinajstić information content (AvgIpc) is 2.49. The summed E-state index contributed by atoms with van der Waals surface area (Å²) in [5.74, 6) is 0. The molecule has 5 N–H and O–H groups in total. The minimum absolute atomic E-state index is 0.292. The van der Waals surface area contributed by atoms with Crippen LogP contribution in [0.25, 0.3) is 11.0 Å². The van der Waals surface area contributed by atoms with Crippen molar-refractivity contribution in [1.82, 2.24) is 9.97 Å². The van der Waals surface area contributed by atoms with Crippen molar-refractivity contribution < 1.29 is 0 Å². The zero-order chi connectivity index (χ0) is 9.68. The number of rotatable bonds is 0. The van der Waals surface area contributed by atoms with Gasteiger partial charge in [0.05, 0.1) is 17.4 Å². The molecule has 1 aromatic carbocycles. The Bertz CT molecular complexity index is 361. The number of hydrogen-bond donors (Lipinski definition) is 3. The van der Waals surface area contributed by atoms with Gasteiger partial charge >= 0.3 is 31.7 Å². The molecule has 5 heteroatoms. The van der Waals surface area contributed by atoms with Crippen LogP contribution in [0.5, 0.6) is 0 Å². The molecule has 0 aliphatic carbocycles. The molecular formula is C8H10N4Se. The van der Waals surface area contributed by atoms with Crippen molar-refractivity contribution in [3.63, 3.8) is 0 Å². The number of hydrogen-bond acceptors (Lipinski definition) is 3. The van der Waals surface area contributed by atoms with Gasteiger partial charge in [0.2, 0.25) is 0 Å². The number of benzene rings is 1. The molecule has 0 amide bonds. The SMILES string of the molecule is NC(N)=[Se].c1ccc2[nH]cnc2c1. The summed E-state index contributed by atoms with van der Waals surface area (Å²) >= 11 is 2.38. The third-order valence-electron chi connectivity index (χ3n) is 1.33. The van der Waals surface area contributed by atoms with E-state index in [0.29, 0.717) is 4.67 Å². The molecule has 0 atom stereocenters. The van der Waals surface area contributed by atoms with E-state index in [2.05, 4.69) is 25.5 Å². The normalized spacial score (nSPS) is 8.92. The molecular weight excluding hydrogens is 231 g/mol. The summed E-state index contributed by atoms with van der Waals surface area (Å²) < 4.78 is 0.292.